The van der Waals surface area contributed by atoms with Gasteiger partial charge in [0.25, 0.3) is 15.9 Å². The fourth-order valence-corrected chi connectivity index (χ4v) is 4.27. The van der Waals surface area contributed by atoms with Gasteiger partial charge >= 0.3 is 11.2 Å². The van der Waals surface area contributed by atoms with Gasteiger partial charge in [-0.15, -0.1) is 0 Å². The lowest BCUT2D eigenvalue weighted by Crippen LogP contribution is -2.15. The van der Waals surface area contributed by atoms with E-state index >= 15 is 0 Å². The van der Waals surface area contributed by atoms with Crippen LogP contribution in [0.4, 0.5) is 29.5 Å². The van der Waals surface area contributed by atoms with Crippen LogP contribution in [-0.2, 0) is 16.2 Å². The zero-order valence-electron chi connectivity index (χ0n) is 15.2. The Bertz CT molecular complexity index is 1260. The Morgan fingerprint density at radius 3 is 2.32 bits per heavy atom. The fourth-order valence-electron chi connectivity index (χ4n) is 2.45. The zero-order valence-corrected chi connectivity index (χ0v) is 16.8. The Morgan fingerprint density at radius 1 is 1.00 bits per heavy atom. The van der Waals surface area contributed by atoms with Crippen molar-refractivity contribution in [3.05, 3.63) is 81.2 Å². The maximum atomic E-state index is 12.8. The number of nitrogens with one attached hydrogen (secondary N) is 2. The van der Waals surface area contributed by atoms with Gasteiger partial charge in [0.1, 0.15) is 0 Å². The van der Waals surface area contributed by atoms with Crippen molar-refractivity contribution in [3.8, 4) is 0 Å². The minimum absolute atomic E-state index is 0.0436. The Labute approximate surface area is 177 Å². The first-order valence-corrected chi connectivity index (χ1v) is 10.6. The van der Waals surface area contributed by atoms with Gasteiger partial charge < -0.3 is 5.32 Å². The third kappa shape index (κ3) is 5.38. The molecule has 0 saturated heterocycles. The van der Waals surface area contributed by atoms with E-state index in [1.807, 2.05) is 0 Å². The van der Waals surface area contributed by atoms with Crippen LogP contribution in [0.5, 0.6) is 0 Å². The molecule has 0 unspecified atom stereocenters. The van der Waals surface area contributed by atoms with Crippen molar-refractivity contribution in [3.63, 3.8) is 0 Å². The van der Waals surface area contributed by atoms with Crippen LogP contribution in [0.2, 0.25) is 0 Å². The lowest BCUT2D eigenvalue weighted by molar-refractivity contribution is -0.380. The monoisotopic (exact) mass is 471 g/mol. The number of nitro groups is 1. The Balaban J connectivity index is 1.80. The summed E-state index contributed by atoms with van der Waals surface area (Å²) in [5.41, 5.74) is -1.22. The molecule has 0 aliphatic carbocycles. The highest BCUT2D eigenvalue weighted by Gasteiger charge is 2.30. The van der Waals surface area contributed by atoms with E-state index in [1.54, 1.807) is 0 Å². The molecule has 0 fully saturated rings. The Hall–Kier alpha value is -3.45. The second kappa shape index (κ2) is 8.35. The highest BCUT2D eigenvalue weighted by atomic mass is 32.2. The number of sulfonamides is 1. The van der Waals surface area contributed by atoms with Crippen LogP contribution in [-0.4, -0.2) is 19.2 Å². The van der Waals surface area contributed by atoms with Crippen molar-refractivity contribution in [2.45, 2.75) is 11.1 Å². The first-order valence-electron chi connectivity index (χ1n) is 8.31. The van der Waals surface area contributed by atoms with Crippen LogP contribution in [0.15, 0.2) is 65.6 Å². The second-order valence-electron chi connectivity index (χ2n) is 6.06. The Kier molecular flexibility index (Phi) is 5.99. The molecule has 1 heterocycles. The zero-order chi connectivity index (χ0) is 22.8. The maximum absolute atomic E-state index is 12.8. The van der Waals surface area contributed by atoms with Gasteiger partial charge in [-0.25, -0.2) is 8.42 Å². The molecule has 0 bridgehead atoms. The van der Waals surface area contributed by atoms with Crippen LogP contribution in [0.3, 0.4) is 0 Å². The largest absolute Gasteiger partial charge is 0.416 e. The molecule has 0 saturated carbocycles. The predicted octanol–water partition coefficient (Wildman–Crippen LogP) is 4.73. The van der Waals surface area contributed by atoms with Crippen LogP contribution in [0.1, 0.15) is 15.2 Å². The van der Waals surface area contributed by atoms with E-state index in [4.69, 9.17) is 0 Å². The van der Waals surface area contributed by atoms with E-state index in [0.717, 1.165) is 18.2 Å². The summed E-state index contributed by atoms with van der Waals surface area (Å²) < 4.78 is 65.7. The minimum Gasteiger partial charge on any atom is -0.321 e. The molecule has 0 atom stereocenters. The molecule has 162 valence electrons. The summed E-state index contributed by atoms with van der Waals surface area (Å²) in [7, 11) is -4.26. The van der Waals surface area contributed by atoms with Crippen molar-refractivity contribution in [2.24, 2.45) is 0 Å². The molecule has 0 radical (unpaired) electrons. The number of carbonyl (C=O) groups is 1. The standard InChI is InChI=1S/C18H12F3N3O5S2/c19-18(20,21)11-3-1-5-13(9-11)23-31(28,29)14-6-2-4-12(10-14)22-17(25)15-7-8-16(30-15)24(26)27/h1-10,23H,(H,22,25). The molecule has 0 spiro atoms. The van der Waals surface area contributed by atoms with Crippen LogP contribution >= 0.6 is 11.3 Å². The summed E-state index contributed by atoms with van der Waals surface area (Å²) in [4.78, 5) is 22.1. The predicted molar refractivity (Wildman–Crippen MR) is 108 cm³/mol. The highest BCUT2D eigenvalue weighted by molar-refractivity contribution is 7.92. The summed E-state index contributed by atoms with van der Waals surface area (Å²) in [6.45, 7) is 0. The minimum atomic E-state index is -4.64. The van der Waals surface area contributed by atoms with Gasteiger partial charge in [0, 0.05) is 17.4 Å². The van der Waals surface area contributed by atoms with Crippen molar-refractivity contribution in [1.82, 2.24) is 0 Å². The second-order valence-corrected chi connectivity index (χ2v) is 8.81. The van der Waals surface area contributed by atoms with Gasteiger partial charge in [0.05, 0.1) is 20.3 Å². The van der Waals surface area contributed by atoms with Gasteiger partial charge in [-0.2, -0.15) is 13.2 Å². The molecule has 3 rings (SSSR count). The molecular weight excluding hydrogens is 459 g/mol. The third-order valence-electron chi connectivity index (χ3n) is 3.84. The molecule has 1 aromatic heterocycles. The highest BCUT2D eigenvalue weighted by Crippen LogP contribution is 2.31. The average molecular weight is 471 g/mol. The van der Waals surface area contributed by atoms with Crippen LogP contribution < -0.4 is 10.0 Å². The van der Waals surface area contributed by atoms with Gasteiger partial charge in [-0.3, -0.25) is 19.6 Å². The normalized spacial score (nSPS) is 11.7. The van der Waals surface area contributed by atoms with E-state index in [9.17, 15) is 36.5 Å². The molecule has 0 aliphatic rings. The van der Waals surface area contributed by atoms with E-state index in [0.29, 0.717) is 17.4 Å². The molecule has 1 amide bonds. The quantitative estimate of drug-likeness (QED) is 0.398. The molecule has 3 aromatic rings. The van der Waals surface area contributed by atoms with Crippen molar-refractivity contribution < 1.29 is 31.3 Å². The summed E-state index contributed by atoms with van der Waals surface area (Å²) in [6.07, 6.45) is -4.64. The molecule has 2 aromatic carbocycles. The van der Waals surface area contributed by atoms with Crippen LogP contribution in [0, 0.1) is 10.1 Å². The fraction of sp³-hybridized carbons (Fsp3) is 0.0556. The first-order chi connectivity index (χ1) is 14.5. The van der Waals surface area contributed by atoms with Gasteiger partial charge in [-0.1, -0.05) is 23.5 Å². The van der Waals surface area contributed by atoms with E-state index in [2.05, 4.69) is 10.0 Å². The van der Waals surface area contributed by atoms with Gasteiger partial charge in [-0.05, 0) is 42.5 Å². The number of halogens is 3. The number of rotatable bonds is 6. The maximum Gasteiger partial charge on any atom is 0.416 e. The number of hydrogen-bond donors (Lipinski definition) is 2. The molecule has 2 N–H and O–H groups in total. The summed E-state index contributed by atoms with van der Waals surface area (Å²) in [5, 5.41) is 12.9. The van der Waals surface area contributed by atoms with Crippen molar-refractivity contribution in [2.75, 3.05) is 10.0 Å². The van der Waals surface area contributed by atoms with Crippen molar-refractivity contribution in [1.29, 1.82) is 0 Å². The lowest BCUT2D eigenvalue weighted by atomic mass is 10.2. The number of benzene rings is 2. The first kappa shape index (κ1) is 22.2. The number of carbonyl (C=O) groups excluding carboxylic acids is 1. The summed E-state index contributed by atoms with van der Waals surface area (Å²) >= 11 is 0.650. The molecule has 13 heteroatoms. The van der Waals surface area contributed by atoms with Crippen molar-refractivity contribution >= 4 is 43.6 Å². The number of anilines is 2. The topological polar surface area (TPSA) is 118 Å². The average Bonchev–Trinajstić information content (AvgIpc) is 3.18. The Morgan fingerprint density at radius 2 is 1.68 bits per heavy atom. The third-order valence-corrected chi connectivity index (χ3v) is 6.25. The van der Waals surface area contributed by atoms with Crippen LogP contribution in [0.25, 0.3) is 0 Å². The molecule has 8 nitrogen and oxygen atoms in total. The number of alkyl halides is 3. The number of amides is 1. The van der Waals surface area contributed by atoms with E-state index in [-0.39, 0.29) is 26.1 Å². The summed E-state index contributed by atoms with van der Waals surface area (Å²) in [6, 6.07) is 11.1. The van der Waals surface area contributed by atoms with E-state index in [1.165, 1.54) is 36.4 Å². The number of thiophene rings is 1. The van der Waals surface area contributed by atoms with Gasteiger partial charge in [0.2, 0.25) is 0 Å². The molecule has 0 aliphatic heterocycles. The van der Waals surface area contributed by atoms with Gasteiger partial charge in [0.15, 0.2) is 0 Å². The number of hydrogen-bond acceptors (Lipinski definition) is 6. The molecule has 31 heavy (non-hydrogen) atoms. The number of nitrogens with zero attached hydrogens (tertiary/aromatic N) is 1. The smallest absolute Gasteiger partial charge is 0.321 e. The molecular formula is C18H12F3N3O5S2. The SMILES string of the molecule is O=C(Nc1cccc(S(=O)(=O)Nc2cccc(C(F)(F)F)c2)c1)c1ccc([N+](=O)[O-])s1. The summed E-state index contributed by atoms with van der Waals surface area (Å²) in [5.74, 6) is -0.682. The van der Waals surface area contributed by atoms with E-state index < -0.39 is 32.6 Å². The lowest BCUT2D eigenvalue weighted by Gasteiger charge is -2.12.